The molecule has 6 heteroatoms. The molecule has 1 heterocycles. The minimum Gasteiger partial charge on any atom is -0.465 e. The van der Waals surface area contributed by atoms with Gasteiger partial charge in [-0.2, -0.15) is 0 Å². The topological polar surface area (TPSA) is 59.0 Å². The number of rotatable bonds is 4. The lowest BCUT2D eigenvalue weighted by molar-refractivity contribution is -0.121. The first-order chi connectivity index (χ1) is 13.4. The Balaban J connectivity index is 1.80. The second-order valence-corrected chi connectivity index (χ2v) is 7.74. The second-order valence-electron chi connectivity index (χ2n) is 6.73. The fourth-order valence-corrected chi connectivity index (χ4v) is 3.67. The zero-order valence-corrected chi connectivity index (χ0v) is 17.1. The van der Waals surface area contributed by atoms with Gasteiger partial charge in [0.15, 0.2) is 5.17 Å². The van der Waals surface area contributed by atoms with Crippen molar-refractivity contribution in [2.24, 2.45) is 4.99 Å². The smallest absolute Gasteiger partial charge is 0.337 e. The molecule has 1 amide bonds. The summed E-state index contributed by atoms with van der Waals surface area (Å²) in [5.41, 5.74) is 3.37. The highest BCUT2D eigenvalue weighted by Gasteiger charge is 2.30. The van der Waals surface area contributed by atoms with Crippen molar-refractivity contribution in [1.82, 2.24) is 4.90 Å². The number of ether oxygens (including phenoxy) is 1. The van der Waals surface area contributed by atoms with E-state index in [0.29, 0.717) is 27.2 Å². The maximum Gasteiger partial charge on any atom is 0.337 e. The number of methoxy groups -OCH3 is 1. The van der Waals surface area contributed by atoms with Crippen LogP contribution in [0, 0.1) is 0 Å². The maximum atomic E-state index is 12.6. The second kappa shape index (κ2) is 8.44. The van der Waals surface area contributed by atoms with Crippen molar-refractivity contribution in [3.63, 3.8) is 0 Å². The van der Waals surface area contributed by atoms with Crippen LogP contribution >= 0.6 is 11.8 Å². The first kappa shape index (κ1) is 19.9. The summed E-state index contributed by atoms with van der Waals surface area (Å²) in [5.74, 6) is -0.00190. The Morgan fingerprint density at radius 3 is 2.32 bits per heavy atom. The lowest BCUT2D eigenvalue weighted by Crippen LogP contribution is -2.23. The molecule has 5 nitrogen and oxygen atoms in total. The largest absolute Gasteiger partial charge is 0.465 e. The lowest BCUT2D eigenvalue weighted by atomic mass is 10.0. The number of esters is 1. The molecule has 144 valence electrons. The number of hydrogen-bond donors (Lipinski definition) is 0. The summed E-state index contributed by atoms with van der Waals surface area (Å²) in [6.45, 7) is 4.30. The average molecular weight is 394 g/mol. The maximum absolute atomic E-state index is 12.6. The highest BCUT2D eigenvalue weighted by atomic mass is 32.2. The Morgan fingerprint density at radius 2 is 1.75 bits per heavy atom. The normalized spacial score (nSPS) is 17.0. The van der Waals surface area contributed by atoms with Crippen LogP contribution in [0.1, 0.15) is 41.3 Å². The van der Waals surface area contributed by atoms with Gasteiger partial charge in [-0.3, -0.25) is 9.69 Å². The number of nitrogens with zero attached hydrogens (tertiary/aromatic N) is 2. The van der Waals surface area contributed by atoms with Crippen molar-refractivity contribution in [1.29, 1.82) is 0 Å². The van der Waals surface area contributed by atoms with Gasteiger partial charge in [-0.25, -0.2) is 9.79 Å². The van der Waals surface area contributed by atoms with Gasteiger partial charge in [0.1, 0.15) is 0 Å². The molecular weight excluding hydrogens is 372 g/mol. The summed E-state index contributed by atoms with van der Waals surface area (Å²) in [5, 5.41) is 0.598. The van der Waals surface area contributed by atoms with Gasteiger partial charge in [0.25, 0.3) is 5.91 Å². The van der Waals surface area contributed by atoms with Gasteiger partial charge >= 0.3 is 5.97 Å². The molecule has 28 heavy (non-hydrogen) atoms. The number of carbonyl (C=O) groups is 2. The number of thioether (sulfide) groups is 1. The third kappa shape index (κ3) is 4.34. The van der Waals surface area contributed by atoms with Crippen LogP contribution in [0.15, 0.2) is 58.4 Å². The zero-order chi connectivity index (χ0) is 20.3. The highest BCUT2D eigenvalue weighted by molar-refractivity contribution is 8.18. The molecule has 1 aliphatic heterocycles. The number of carbonyl (C=O) groups excluding carboxylic acids is 2. The number of amidine groups is 1. The number of likely N-dealkylation sites (N-methyl/N-ethyl adjacent to an activating group) is 1. The van der Waals surface area contributed by atoms with Crippen LogP contribution in [0.5, 0.6) is 0 Å². The monoisotopic (exact) mass is 394 g/mol. The Bertz CT molecular complexity index is 945. The summed E-state index contributed by atoms with van der Waals surface area (Å²) >= 11 is 1.34. The van der Waals surface area contributed by atoms with Crippen molar-refractivity contribution in [3.05, 3.63) is 70.1 Å². The minimum atomic E-state index is -0.393. The van der Waals surface area contributed by atoms with Gasteiger partial charge in [-0.15, -0.1) is 0 Å². The van der Waals surface area contributed by atoms with Crippen molar-refractivity contribution in [3.8, 4) is 0 Å². The van der Waals surface area contributed by atoms with E-state index in [9.17, 15) is 9.59 Å². The van der Waals surface area contributed by atoms with E-state index in [0.717, 1.165) is 5.56 Å². The van der Waals surface area contributed by atoms with Crippen LogP contribution in [-0.2, 0) is 9.53 Å². The number of aliphatic imine (C=N–C) groups is 1. The molecule has 2 aromatic carbocycles. The Hall–Kier alpha value is -2.86. The van der Waals surface area contributed by atoms with Gasteiger partial charge in [0, 0.05) is 7.05 Å². The molecule has 1 aliphatic rings. The van der Waals surface area contributed by atoms with Crippen molar-refractivity contribution < 1.29 is 14.3 Å². The van der Waals surface area contributed by atoms with E-state index in [2.05, 4.69) is 31.0 Å². The molecule has 0 unspecified atom stereocenters. The molecule has 0 N–H and O–H groups in total. The first-order valence-electron chi connectivity index (χ1n) is 8.93. The molecule has 0 radical (unpaired) electrons. The molecule has 0 bridgehead atoms. The van der Waals surface area contributed by atoms with Gasteiger partial charge in [-0.05, 0) is 59.1 Å². The van der Waals surface area contributed by atoms with Gasteiger partial charge in [-0.1, -0.05) is 38.1 Å². The summed E-state index contributed by atoms with van der Waals surface area (Å²) in [7, 11) is 3.05. The van der Waals surface area contributed by atoms with E-state index in [1.54, 1.807) is 31.3 Å². The van der Waals surface area contributed by atoms with Gasteiger partial charge in [0.2, 0.25) is 0 Å². The average Bonchev–Trinajstić information content (AvgIpc) is 2.96. The predicted octanol–water partition coefficient (Wildman–Crippen LogP) is 4.83. The van der Waals surface area contributed by atoms with E-state index < -0.39 is 5.97 Å². The van der Waals surface area contributed by atoms with Crippen LogP contribution in [0.2, 0.25) is 0 Å². The third-order valence-electron chi connectivity index (χ3n) is 4.42. The van der Waals surface area contributed by atoms with E-state index in [1.165, 1.54) is 29.3 Å². The zero-order valence-electron chi connectivity index (χ0n) is 16.3. The molecule has 1 saturated heterocycles. The van der Waals surface area contributed by atoms with Gasteiger partial charge in [0.05, 0.1) is 23.3 Å². The summed E-state index contributed by atoms with van der Waals surface area (Å²) in [6.07, 6.45) is 1.89. The van der Waals surface area contributed by atoms with E-state index in [4.69, 9.17) is 4.74 Å². The summed E-state index contributed by atoms with van der Waals surface area (Å²) < 4.78 is 4.69. The Kier molecular flexibility index (Phi) is 5.99. The fraction of sp³-hybridized carbons (Fsp3) is 0.227. The molecule has 0 aliphatic carbocycles. The minimum absolute atomic E-state index is 0.0807. The fourth-order valence-electron chi connectivity index (χ4n) is 2.68. The van der Waals surface area contributed by atoms with Crippen LogP contribution in [0.25, 0.3) is 6.08 Å². The first-order valence-corrected chi connectivity index (χ1v) is 9.75. The highest BCUT2D eigenvalue weighted by Crippen LogP contribution is 2.33. The molecule has 0 saturated carbocycles. The third-order valence-corrected chi connectivity index (χ3v) is 5.48. The van der Waals surface area contributed by atoms with E-state index in [1.807, 2.05) is 18.2 Å². The molecule has 0 spiro atoms. The van der Waals surface area contributed by atoms with Crippen molar-refractivity contribution in [2.45, 2.75) is 19.8 Å². The molecule has 2 aromatic rings. The molecule has 0 aromatic heterocycles. The standard InChI is InChI=1S/C22H22N2O3S/c1-14(2)16-7-5-15(6-8-16)13-19-20(25)24(3)22(28-19)23-18-11-9-17(10-12-18)21(26)27-4/h5-14H,1-4H3. The van der Waals surface area contributed by atoms with E-state index in [-0.39, 0.29) is 5.91 Å². The molecular formula is C22H22N2O3S. The van der Waals surface area contributed by atoms with Crippen molar-refractivity contribution >= 4 is 40.6 Å². The summed E-state index contributed by atoms with van der Waals surface area (Å²) in [6, 6.07) is 15.0. The van der Waals surface area contributed by atoms with Crippen LogP contribution in [0.3, 0.4) is 0 Å². The van der Waals surface area contributed by atoms with Gasteiger partial charge < -0.3 is 4.74 Å². The lowest BCUT2D eigenvalue weighted by Gasteiger charge is -2.07. The molecule has 3 rings (SSSR count). The van der Waals surface area contributed by atoms with Crippen molar-refractivity contribution in [2.75, 3.05) is 14.2 Å². The van der Waals surface area contributed by atoms with Crippen LogP contribution in [0.4, 0.5) is 5.69 Å². The van der Waals surface area contributed by atoms with Crippen LogP contribution in [-0.4, -0.2) is 36.1 Å². The van der Waals surface area contributed by atoms with Crippen LogP contribution < -0.4 is 0 Å². The number of hydrogen-bond acceptors (Lipinski definition) is 5. The Morgan fingerprint density at radius 1 is 1.11 bits per heavy atom. The predicted molar refractivity (Wildman–Crippen MR) is 114 cm³/mol. The van der Waals surface area contributed by atoms with E-state index >= 15 is 0 Å². The molecule has 1 fully saturated rings. The number of benzene rings is 2. The SMILES string of the molecule is COC(=O)c1ccc(N=C2SC(=Cc3ccc(C(C)C)cc3)C(=O)N2C)cc1. The summed E-state index contributed by atoms with van der Waals surface area (Å²) in [4.78, 5) is 30.8. The quantitative estimate of drug-likeness (QED) is 0.550. The number of amides is 1. The Labute approximate surface area is 169 Å². The molecule has 0 atom stereocenters.